The second kappa shape index (κ2) is 2.63. The van der Waals surface area contributed by atoms with Crippen molar-refractivity contribution in [3.05, 3.63) is 12.3 Å². The summed E-state index contributed by atoms with van der Waals surface area (Å²) in [6.07, 6.45) is -0.641. The average Bonchev–Trinajstić information content (AvgIpc) is 1.35. The van der Waals surface area contributed by atoms with Crippen molar-refractivity contribution in [3.63, 3.8) is 0 Å². The number of ether oxygens (including phenoxy) is 1. The van der Waals surface area contributed by atoms with Gasteiger partial charge in [0.25, 0.3) is 0 Å². The third-order valence-electron chi connectivity index (χ3n) is 0.179. The molecule has 0 aliphatic carbocycles. The molecule has 0 atom stereocenters. The maximum absolute atomic E-state index is 10.7. The summed E-state index contributed by atoms with van der Waals surface area (Å²) in [6, 6.07) is 0. The van der Waals surface area contributed by atoms with Crippen LogP contribution in [-0.2, 0) is 4.74 Å². The summed E-state index contributed by atoms with van der Waals surface area (Å²) in [5.41, 5.74) is 0. The summed E-state index contributed by atoms with van der Waals surface area (Å²) in [6.45, 7) is 0. The van der Waals surface area contributed by atoms with E-state index in [9.17, 15) is 8.78 Å². The van der Waals surface area contributed by atoms with Crippen molar-refractivity contribution in [2.45, 2.75) is 0 Å². The van der Waals surface area contributed by atoms with E-state index in [1.54, 1.807) is 0 Å². The zero-order valence-corrected chi connectivity index (χ0v) is 3.16. The van der Waals surface area contributed by atoms with Crippen molar-refractivity contribution in [2.24, 2.45) is 0 Å². The van der Waals surface area contributed by atoms with Crippen LogP contribution < -0.4 is 0 Å². The molecule has 0 N–H and O–H groups in total. The average molecular weight is 93.1 g/mol. The van der Waals surface area contributed by atoms with Gasteiger partial charge in [-0.15, -0.1) is 0 Å². The number of halogens is 2. The summed E-state index contributed by atoms with van der Waals surface area (Å²) < 4.78 is 25.2. The zero-order chi connectivity index (χ0) is 4.99. The van der Waals surface area contributed by atoms with Crippen molar-refractivity contribution in [1.82, 2.24) is 0 Å². The van der Waals surface area contributed by atoms with Crippen molar-refractivity contribution in [2.75, 3.05) is 7.11 Å². The number of hydrogen-bond acceptors (Lipinski definition) is 1. The lowest BCUT2D eigenvalue weighted by Crippen LogP contribution is -1.65. The first-order chi connectivity index (χ1) is 2.77. The first kappa shape index (κ1) is 5.40. The molecule has 0 aromatic heterocycles. The quantitative estimate of drug-likeness (QED) is 0.442. The molecule has 3 heteroatoms. The molecule has 0 saturated heterocycles. The fourth-order valence-electron chi connectivity index (χ4n) is 0.0772. The Morgan fingerprint density at radius 2 is 2.17 bits per heavy atom. The molecule has 0 aromatic rings. The molecule has 1 radical (unpaired) electrons. The summed E-state index contributed by atoms with van der Waals surface area (Å²) in [5, 5.41) is 0. The van der Waals surface area contributed by atoms with Crippen LogP contribution in [0.4, 0.5) is 8.78 Å². The van der Waals surface area contributed by atoms with Crippen molar-refractivity contribution in [3.8, 4) is 0 Å². The maximum Gasteiger partial charge on any atom is 0.316 e. The van der Waals surface area contributed by atoms with Gasteiger partial charge in [-0.05, 0) is 0 Å². The monoisotopic (exact) mass is 93.0 g/mol. The molecule has 0 saturated carbocycles. The van der Waals surface area contributed by atoms with Crippen LogP contribution in [0.25, 0.3) is 0 Å². The first-order valence-corrected chi connectivity index (χ1v) is 1.24. The van der Waals surface area contributed by atoms with Gasteiger partial charge in [-0.1, -0.05) is 0 Å². The minimum absolute atomic E-state index is 1.11. The van der Waals surface area contributed by atoms with Crippen LogP contribution in [0.3, 0.4) is 0 Å². The molecule has 0 aromatic carbocycles. The smallest absolute Gasteiger partial charge is 0.316 e. The van der Waals surface area contributed by atoms with Gasteiger partial charge in [0.1, 0.15) is 0 Å². The van der Waals surface area contributed by atoms with E-state index in [0.717, 1.165) is 7.11 Å². The van der Waals surface area contributed by atoms with Crippen molar-refractivity contribution in [1.29, 1.82) is 0 Å². The molecule has 0 fully saturated rings. The topological polar surface area (TPSA) is 9.23 Å². The van der Waals surface area contributed by atoms with Gasteiger partial charge in [0.2, 0.25) is 6.26 Å². The summed E-state index contributed by atoms with van der Waals surface area (Å²) >= 11 is 0. The third kappa shape index (κ3) is 3.40. The summed E-state index contributed by atoms with van der Waals surface area (Å²) in [5.74, 6) is 0. The Kier molecular flexibility index (Phi) is 2.36. The zero-order valence-electron chi connectivity index (χ0n) is 3.16. The Hall–Kier alpha value is -0.600. The third-order valence-corrected chi connectivity index (χ3v) is 0.179. The minimum Gasteiger partial charge on any atom is -0.488 e. The number of methoxy groups -OCH3 is 1. The highest BCUT2D eigenvalue weighted by atomic mass is 19.3. The second-order valence-electron chi connectivity index (χ2n) is 0.567. The number of rotatable bonds is 1. The maximum atomic E-state index is 10.7. The van der Waals surface area contributed by atoms with E-state index in [1.807, 2.05) is 0 Å². The van der Waals surface area contributed by atoms with Gasteiger partial charge in [-0.3, -0.25) is 0 Å². The van der Waals surface area contributed by atoms with E-state index in [1.165, 1.54) is 6.26 Å². The normalized spacial score (nSPS) is 7.17. The molecule has 0 heterocycles. The molecule has 1 nitrogen and oxygen atoms in total. The lowest BCUT2D eigenvalue weighted by molar-refractivity contribution is 0.267. The van der Waals surface area contributed by atoms with Gasteiger partial charge < -0.3 is 4.74 Å². The lowest BCUT2D eigenvalue weighted by Gasteiger charge is -1.76. The van der Waals surface area contributed by atoms with E-state index in [0.29, 0.717) is 0 Å². The Bertz CT molecular complexity index is 55.8. The van der Waals surface area contributed by atoms with Gasteiger partial charge >= 0.3 is 6.08 Å². The highest BCUT2D eigenvalue weighted by Gasteiger charge is 1.82. The molecular weight excluding hydrogens is 90.0 g/mol. The lowest BCUT2D eigenvalue weighted by atomic mass is 11.1. The largest absolute Gasteiger partial charge is 0.488 e. The molecule has 35 valence electrons. The summed E-state index contributed by atoms with van der Waals surface area (Å²) in [4.78, 5) is 0. The SMILES string of the molecule is CO[C]=C(F)F. The van der Waals surface area contributed by atoms with Crippen LogP contribution in [0.5, 0.6) is 0 Å². The highest BCUT2D eigenvalue weighted by Crippen LogP contribution is 1.92. The van der Waals surface area contributed by atoms with Gasteiger partial charge in [-0.2, -0.15) is 8.78 Å². The Balaban J connectivity index is 3.14. The van der Waals surface area contributed by atoms with Crippen LogP contribution in [0.15, 0.2) is 6.08 Å². The molecule has 0 rings (SSSR count). The van der Waals surface area contributed by atoms with Gasteiger partial charge in [0, 0.05) is 0 Å². The predicted molar refractivity (Wildman–Crippen MR) is 16.0 cm³/mol. The molecule has 0 aliphatic heterocycles. The molecule has 0 bridgehead atoms. The van der Waals surface area contributed by atoms with Crippen molar-refractivity contribution >= 4 is 0 Å². The number of hydrogen-bond donors (Lipinski definition) is 0. The molecule has 6 heavy (non-hydrogen) atoms. The predicted octanol–water partition coefficient (Wildman–Crippen LogP) is 1.17. The molecule has 0 aliphatic rings. The van der Waals surface area contributed by atoms with Crippen LogP contribution in [0.2, 0.25) is 0 Å². The van der Waals surface area contributed by atoms with E-state index in [4.69, 9.17) is 0 Å². The molecule has 0 spiro atoms. The van der Waals surface area contributed by atoms with E-state index in [-0.39, 0.29) is 0 Å². The standard InChI is InChI=1S/C3H3F2O/c1-6-2-3(4)5/h1H3. The highest BCUT2D eigenvalue weighted by molar-refractivity contribution is 4.59. The van der Waals surface area contributed by atoms with Gasteiger partial charge in [0.15, 0.2) is 0 Å². The van der Waals surface area contributed by atoms with Gasteiger partial charge in [-0.25, -0.2) is 0 Å². The van der Waals surface area contributed by atoms with E-state index < -0.39 is 6.08 Å². The van der Waals surface area contributed by atoms with Gasteiger partial charge in [0.05, 0.1) is 7.11 Å². The van der Waals surface area contributed by atoms with E-state index in [2.05, 4.69) is 4.74 Å². The Morgan fingerprint density at radius 3 is 2.17 bits per heavy atom. The Morgan fingerprint density at radius 1 is 1.67 bits per heavy atom. The fraction of sp³-hybridized carbons (Fsp3) is 0.333. The molecule has 0 amide bonds. The van der Waals surface area contributed by atoms with Crippen LogP contribution >= 0.6 is 0 Å². The molecule has 0 unspecified atom stereocenters. The first-order valence-electron chi connectivity index (χ1n) is 1.24. The van der Waals surface area contributed by atoms with Crippen molar-refractivity contribution < 1.29 is 13.5 Å². The fourth-order valence-corrected chi connectivity index (χ4v) is 0.0772. The Labute approximate surface area is 34.2 Å². The van der Waals surface area contributed by atoms with E-state index >= 15 is 0 Å². The molecular formula is C3H3F2O. The summed E-state index contributed by atoms with van der Waals surface area (Å²) in [7, 11) is 1.11. The van der Waals surface area contributed by atoms with Crippen LogP contribution in [-0.4, -0.2) is 7.11 Å². The minimum atomic E-state index is -1.93. The van der Waals surface area contributed by atoms with Crippen LogP contribution in [0.1, 0.15) is 0 Å². The second-order valence-corrected chi connectivity index (χ2v) is 0.567. The van der Waals surface area contributed by atoms with Crippen LogP contribution in [0, 0.1) is 6.26 Å².